The Hall–Kier alpha value is -3.46. The number of β-amino-alcohol motifs (C(OH)–C–C–N with tert-alkyl or cyclic N) is 1. The van der Waals surface area contributed by atoms with Crippen LogP contribution < -0.4 is 10.2 Å². The Bertz CT molecular complexity index is 1040. The van der Waals surface area contributed by atoms with Gasteiger partial charge in [0.2, 0.25) is 5.91 Å². The third-order valence-corrected chi connectivity index (χ3v) is 4.17. The molecule has 136 valence electrons. The third-order valence-electron chi connectivity index (χ3n) is 4.17. The maximum Gasteiger partial charge on any atom is 0.275 e. The summed E-state index contributed by atoms with van der Waals surface area (Å²) in [7, 11) is 0. The summed E-state index contributed by atoms with van der Waals surface area (Å²) in [6.07, 6.45) is 3.34. The first-order valence-electron chi connectivity index (χ1n) is 8.17. The minimum atomic E-state index is -0.740. The number of carbonyl (C=O) groups excluding carboxylic acids is 2. The number of anilines is 2. The maximum absolute atomic E-state index is 13.8. The summed E-state index contributed by atoms with van der Waals surface area (Å²) in [5.41, 5.74) is 0.673. The van der Waals surface area contributed by atoms with E-state index < -0.39 is 17.8 Å². The molecule has 1 fully saturated rings. The number of fused-ring (bicyclic) bond motifs is 1. The second-order valence-electron chi connectivity index (χ2n) is 6.10. The largest absolute Gasteiger partial charge is 0.391 e. The van der Waals surface area contributed by atoms with Crippen LogP contribution in [0.3, 0.4) is 0 Å². The van der Waals surface area contributed by atoms with E-state index in [1.807, 2.05) is 0 Å². The number of benzene rings is 1. The van der Waals surface area contributed by atoms with Crippen LogP contribution in [0.15, 0.2) is 42.9 Å². The van der Waals surface area contributed by atoms with Crippen LogP contribution in [0.4, 0.5) is 15.9 Å². The predicted molar refractivity (Wildman–Crippen MR) is 94.7 cm³/mol. The van der Waals surface area contributed by atoms with Crippen LogP contribution in [0, 0.1) is 5.82 Å². The monoisotopic (exact) mass is 367 g/mol. The second-order valence-corrected chi connectivity index (χ2v) is 6.10. The molecule has 0 spiro atoms. The number of rotatable bonds is 3. The number of amides is 2. The lowest BCUT2D eigenvalue weighted by Crippen LogP contribution is -2.26. The minimum Gasteiger partial charge on any atom is -0.391 e. The molecule has 1 aromatic carbocycles. The number of nitrogens with zero attached hydrogens (tertiary/aromatic N) is 4. The Morgan fingerprint density at radius 3 is 2.81 bits per heavy atom. The highest BCUT2D eigenvalue weighted by Gasteiger charge is 2.30. The van der Waals surface area contributed by atoms with Crippen molar-refractivity contribution in [3.05, 3.63) is 54.4 Å². The molecule has 9 heteroatoms. The molecule has 1 aliphatic heterocycles. The average Bonchev–Trinajstić information content (AvgIpc) is 3.00. The van der Waals surface area contributed by atoms with Gasteiger partial charge in [0.1, 0.15) is 11.5 Å². The van der Waals surface area contributed by atoms with Gasteiger partial charge in [-0.1, -0.05) is 6.07 Å². The van der Waals surface area contributed by atoms with Crippen molar-refractivity contribution in [2.75, 3.05) is 16.8 Å². The summed E-state index contributed by atoms with van der Waals surface area (Å²) < 4.78 is 13.8. The second kappa shape index (κ2) is 6.69. The first-order chi connectivity index (χ1) is 13.0. The molecular formula is C18H14FN5O3. The molecule has 2 N–H and O–H groups in total. The molecule has 27 heavy (non-hydrogen) atoms. The molecule has 3 aromatic rings. The SMILES string of the molecule is O=C(Nc1cc(F)cc2cccnc12)c1cnc(N2CC(O)CC2=O)cn1. The Morgan fingerprint density at radius 2 is 2.11 bits per heavy atom. The standard InChI is InChI=1S/C18H14FN5O3/c19-11-4-10-2-1-3-20-17(10)13(5-11)23-18(27)14-7-22-15(8-21-14)24-9-12(25)6-16(24)26/h1-5,7-8,12,25H,6,9H2,(H,23,27). The van der Waals surface area contributed by atoms with Gasteiger partial charge < -0.3 is 10.4 Å². The molecule has 0 bridgehead atoms. The molecule has 0 aliphatic carbocycles. The van der Waals surface area contributed by atoms with Crippen molar-refractivity contribution < 1.29 is 19.1 Å². The number of aliphatic hydroxyl groups excluding tert-OH is 1. The zero-order chi connectivity index (χ0) is 19.0. The van der Waals surface area contributed by atoms with Crippen molar-refractivity contribution in [1.29, 1.82) is 0 Å². The lowest BCUT2D eigenvalue weighted by molar-refractivity contribution is -0.117. The molecular weight excluding hydrogens is 353 g/mol. The number of halogens is 1. The quantitative estimate of drug-likeness (QED) is 0.727. The lowest BCUT2D eigenvalue weighted by Gasteiger charge is -2.14. The van der Waals surface area contributed by atoms with Gasteiger partial charge in [-0.2, -0.15) is 0 Å². The van der Waals surface area contributed by atoms with Gasteiger partial charge in [0.25, 0.3) is 5.91 Å². The molecule has 2 amide bonds. The van der Waals surface area contributed by atoms with Crippen molar-refractivity contribution in [3.63, 3.8) is 0 Å². The van der Waals surface area contributed by atoms with E-state index in [0.29, 0.717) is 10.9 Å². The van der Waals surface area contributed by atoms with E-state index in [1.165, 1.54) is 29.4 Å². The van der Waals surface area contributed by atoms with Crippen molar-refractivity contribution in [1.82, 2.24) is 15.0 Å². The highest BCUT2D eigenvalue weighted by atomic mass is 19.1. The van der Waals surface area contributed by atoms with Gasteiger partial charge >= 0.3 is 0 Å². The molecule has 1 atom stereocenters. The van der Waals surface area contributed by atoms with Gasteiger partial charge in [-0.15, -0.1) is 0 Å². The smallest absolute Gasteiger partial charge is 0.275 e. The van der Waals surface area contributed by atoms with Gasteiger partial charge in [0.05, 0.1) is 42.7 Å². The van der Waals surface area contributed by atoms with Crippen LogP contribution >= 0.6 is 0 Å². The van der Waals surface area contributed by atoms with Crippen LogP contribution in [-0.2, 0) is 4.79 Å². The van der Waals surface area contributed by atoms with Crippen LogP contribution in [0.5, 0.6) is 0 Å². The van der Waals surface area contributed by atoms with Crippen LogP contribution in [0.25, 0.3) is 10.9 Å². The molecule has 1 unspecified atom stereocenters. The van der Waals surface area contributed by atoms with Crippen molar-refractivity contribution in [2.45, 2.75) is 12.5 Å². The van der Waals surface area contributed by atoms with Gasteiger partial charge in [0, 0.05) is 11.6 Å². The van der Waals surface area contributed by atoms with E-state index in [4.69, 9.17) is 0 Å². The average molecular weight is 367 g/mol. The molecule has 4 rings (SSSR count). The van der Waals surface area contributed by atoms with E-state index in [1.54, 1.807) is 18.3 Å². The normalized spacial score (nSPS) is 16.7. The zero-order valence-corrected chi connectivity index (χ0v) is 14.0. The van der Waals surface area contributed by atoms with E-state index in [-0.39, 0.29) is 36.1 Å². The van der Waals surface area contributed by atoms with Gasteiger partial charge in [-0.05, 0) is 18.2 Å². The number of aliphatic hydroxyl groups is 1. The number of hydrogen-bond donors (Lipinski definition) is 2. The van der Waals surface area contributed by atoms with E-state index in [2.05, 4.69) is 20.3 Å². The topological polar surface area (TPSA) is 108 Å². The first-order valence-corrected chi connectivity index (χ1v) is 8.17. The number of carbonyl (C=O) groups is 2. The summed E-state index contributed by atoms with van der Waals surface area (Å²) in [5.74, 6) is -1.09. The van der Waals surface area contributed by atoms with Crippen LogP contribution in [0.1, 0.15) is 16.9 Å². The molecule has 3 heterocycles. The highest BCUT2D eigenvalue weighted by molar-refractivity contribution is 6.07. The summed E-state index contributed by atoms with van der Waals surface area (Å²) in [4.78, 5) is 37.8. The van der Waals surface area contributed by atoms with Gasteiger partial charge in [0.15, 0.2) is 5.82 Å². The summed E-state index contributed by atoms with van der Waals surface area (Å²) in [6, 6.07) is 5.87. The van der Waals surface area contributed by atoms with Crippen molar-refractivity contribution in [2.24, 2.45) is 0 Å². The maximum atomic E-state index is 13.8. The first kappa shape index (κ1) is 17.0. The Balaban J connectivity index is 1.57. The fourth-order valence-electron chi connectivity index (χ4n) is 2.93. The fraction of sp³-hybridized carbons (Fsp3) is 0.167. The van der Waals surface area contributed by atoms with Crippen LogP contribution in [-0.4, -0.2) is 44.5 Å². The highest BCUT2D eigenvalue weighted by Crippen LogP contribution is 2.23. The third kappa shape index (κ3) is 3.32. The fourth-order valence-corrected chi connectivity index (χ4v) is 2.93. The number of nitrogens with one attached hydrogen (secondary N) is 1. The predicted octanol–water partition coefficient (Wildman–Crippen LogP) is 1.51. The zero-order valence-electron chi connectivity index (χ0n) is 14.0. The van der Waals surface area contributed by atoms with E-state index in [0.717, 1.165) is 0 Å². The van der Waals surface area contributed by atoms with Crippen molar-refractivity contribution >= 4 is 34.2 Å². The molecule has 1 aliphatic rings. The van der Waals surface area contributed by atoms with E-state index in [9.17, 15) is 19.1 Å². The van der Waals surface area contributed by atoms with Gasteiger partial charge in [-0.25, -0.2) is 14.4 Å². The van der Waals surface area contributed by atoms with Gasteiger partial charge in [-0.3, -0.25) is 19.5 Å². The Morgan fingerprint density at radius 1 is 1.26 bits per heavy atom. The molecule has 1 saturated heterocycles. The number of hydrogen-bond acceptors (Lipinski definition) is 6. The molecule has 2 aromatic heterocycles. The Kier molecular flexibility index (Phi) is 4.21. The summed E-state index contributed by atoms with van der Waals surface area (Å²) >= 11 is 0. The lowest BCUT2D eigenvalue weighted by atomic mass is 10.2. The Labute approximate surface area is 152 Å². The van der Waals surface area contributed by atoms with Crippen LogP contribution in [0.2, 0.25) is 0 Å². The molecule has 8 nitrogen and oxygen atoms in total. The summed E-state index contributed by atoms with van der Waals surface area (Å²) in [5, 5.41) is 12.7. The number of aromatic nitrogens is 3. The summed E-state index contributed by atoms with van der Waals surface area (Å²) in [6.45, 7) is 0.139. The number of pyridine rings is 1. The molecule has 0 saturated carbocycles. The molecule has 0 radical (unpaired) electrons. The minimum absolute atomic E-state index is 0.000660. The van der Waals surface area contributed by atoms with Crippen molar-refractivity contribution in [3.8, 4) is 0 Å². The van der Waals surface area contributed by atoms with E-state index >= 15 is 0 Å².